The summed E-state index contributed by atoms with van der Waals surface area (Å²) in [7, 11) is 0. The highest BCUT2D eigenvalue weighted by atomic mass is 32.1. The summed E-state index contributed by atoms with van der Waals surface area (Å²) in [6.07, 6.45) is 5.03. The number of amides is 1. The zero-order valence-electron chi connectivity index (χ0n) is 17.2. The van der Waals surface area contributed by atoms with Crippen LogP contribution in [0.15, 0.2) is 83.9 Å². The third kappa shape index (κ3) is 4.48. The van der Waals surface area contributed by atoms with Gasteiger partial charge < -0.3 is 10.1 Å². The van der Waals surface area contributed by atoms with Gasteiger partial charge in [0.15, 0.2) is 12.4 Å². The summed E-state index contributed by atoms with van der Waals surface area (Å²) in [5, 5.41) is 7.12. The Morgan fingerprint density at radius 3 is 2.58 bits per heavy atom. The average Bonchev–Trinajstić information content (AvgIpc) is 3.39. The van der Waals surface area contributed by atoms with Crippen LogP contribution < -0.4 is 20.1 Å². The predicted octanol–water partition coefficient (Wildman–Crippen LogP) is 2.78. The smallest absolute Gasteiger partial charge is 0.291 e. The second-order valence-corrected chi connectivity index (χ2v) is 8.03. The summed E-state index contributed by atoms with van der Waals surface area (Å²) in [6.45, 7) is -0.158. The van der Waals surface area contributed by atoms with E-state index < -0.39 is 0 Å². The molecule has 5 aromatic rings. The number of carbonyl (C=O) groups excluding carboxylic acids is 1. The molecule has 3 aromatic heterocycles. The van der Waals surface area contributed by atoms with E-state index >= 15 is 0 Å². The molecule has 0 aliphatic heterocycles. The maximum absolute atomic E-state index is 12.9. The topological polar surface area (TPSA) is 98.5 Å². The first kappa shape index (κ1) is 20.5. The van der Waals surface area contributed by atoms with E-state index in [9.17, 15) is 9.59 Å². The fourth-order valence-corrected chi connectivity index (χ4v) is 4.09. The molecule has 0 aliphatic rings. The molecule has 0 bridgehead atoms. The summed E-state index contributed by atoms with van der Waals surface area (Å²) < 4.78 is 7.49. The number of benzene rings is 2. The number of ether oxygens (including phenoxy) is 1. The zero-order chi connectivity index (χ0) is 22.6. The van der Waals surface area contributed by atoms with Crippen molar-refractivity contribution in [1.82, 2.24) is 19.6 Å². The van der Waals surface area contributed by atoms with Gasteiger partial charge >= 0.3 is 0 Å². The highest BCUT2D eigenvalue weighted by molar-refractivity contribution is 7.15. The van der Waals surface area contributed by atoms with Crippen LogP contribution in [-0.2, 0) is 4.79 Å². The molecule has 1 amide bonds. The van der Waals surface area contributed by atoms with Gasteiger partial charge in [0.25, 0.3) is 11.5 Å². The molecule has 1 N–H and O–H groups in total. The summed E-state index contributed by atoms with van der Waals surface area (Å²) in [5.41, 5.74) is 1.90. The van der Waals surface area contributed by atoms with E-state index in [0.717, 1.165) is 5.56 Å². The van der Waals surface area contributed by atoms with Crippen molar-refractivity contribution >= 4 is 34.0 Å². The Kier molecular flexibility index (Phi) is 5.61. The molecule has 8 nitrogen and oxygen atoms in total. The number of carbonyl (C=O) groups is 1. The Morgan fingerprint density at radius 1 is 1.03 bits per heavy atom. The maximum atomic E-state index is 12.9. The number of hydrogen-bond donors (Lipinski definition) is 1. The monoisotopic (exact) mass is 455 g/mol. The minimum Gasteiger partial charge on any atom is -0.483 e. The number of thiazole rings is 1. The van der Waals surface area contributed by atoms with Crippen molar-refractivity contribution in [2.75, 3.05) is 11.9 Å². The molecule has 0 saturated carbocycles. The van der Waals surface area contributed by atoms with Crippen LogP contribution in [0.5, 0.6) is 5.75 Å². The number of fused-ring (bicyclic) bond motifs is 1. The van der Waals surface area contributed by atoms with Gasteiger partial charge in [0.2, 0.25) is 4.96 Å². The van der Waals surface area contributed by atoms with Crippen LogP contribution >= 0.6 is 11.3 Å². The van der Waals surface area contributed by atoms with E-state index in [1.54, 1.807) is 48.8 Å². The molecule has 0 aliphatic carbocycles. The molecular formula is C24H17N5O3S. The second-order valence-electron chi connectivity index (χ2n) is 7.02. The van der Waals surface area contributed by atoms with E-state index in [1.807, 2.05) is 36.4 Å². The standard InChI is InChI=1S/C24H17N5O3S/c30-21(26-18-7-2-1-3-8-18)15-32-19-9-5-4-6-17(19)14-20-23(31)29-24(33-20)27-22(28-29)16-10-12-25-13-11-16/h1-14H,15H2,(H,26,30)/b20-14-. The zero-order valence-corrected chi connectivity index (χ0v) is 18.0. The highest BCUT2D eigenvalue weighted by Gasteiger charge is 2.13. The maximum Gasteiger partial charge on any atom is 0.291 e. The van der Waals surface area contributed by atoms with E-state index in [4.69, 9.17) is 4.74 Å². The van der Waals surface area contributed by atoms with E-state index in [1.165, 1.54) is 15.9 Å². The SMILES string of the molecule is O=C(COc1ccccc1/C=c1\sc2nc(-c3ccncc3)nn2c1=O)Nc1ccccc1. The normalized spacial score (nSPS) is 11.6. The fraction of sp³-hybridized carbons (Fsp3) is 0.0417. The Balaban J connectivity index is 1.38. The number of nitrogens with zero attached hydrogens (tertiary/aromatic N) is 4. The number of rotatable bonds is 6. The summed E-state index contributed by atoms with van der Waals surface area (Å²) >= 11 is 1.24. The van der Waals surface area contributed by atoms with Crippen LogP contribution in [0.4, 0.5) is 5.69 Å². The molecule has 5 rings (SSSR count). The van der Waals surface area contributed by atoms with Crippen molar-refractivity contribution in [3.63, 3.8) is 0 Å². The molecule has 0 saturated heterocycles. The summed E-state index contributed by atoms with van der Waals surface area (Å²) in [5.74, 6) is 0.694. The minimum absolute atomic E-state index is 0.158. The summed E-state index contributed by atoms with van der Waals surface area (Å²) in [6, 6.07) is 20.0. The van der Waals surface area contributed by atoms with Gasteiger partial charge in [-0.1, -0.05) is 47.7 Å². The van der Waals surface area contributed by atoms with Gasteiger partial charge in [-0.2, -0.15) is 9.50 Å². The van der Waals surface area contributed by atoms with Gasteiger partial charge in [-0.05, 0) is 36.4 Å². The largest absolute Gasteiger partial charge is 0.483 e. The molecule has 0 unspecified atom stereocenters. The van der Waals surface area contributed by atoms with Crippen molar-refractivity contribution in [3.05, 3.63) is 99.6 Å². The van der Waals surface area contributed by atoms with E-state index in [-0.39, 0.29) is 18.1 Å². The van der Waals surface area contributed by atoms with Crippen molar-refractivity contribution < 1.29 is 9.53 Å². The van der Waals surface area contributed by atoms with Crippen molar-refractivity contribution in [2.24, 2.45) is 0 Å². The van der Waals surface area contributed by atoms with Crippen LogP contribution in [0.25, 0.3) is 22.4 Å². The van der Waals surface area contributed by atoms with Gasteiger partial charge in [0.05, 0.1) is 4.53 Å². The van der Waals surface area contributed by atoms with Crippen molar-refractivity contribution in [3.8, 4) is 17.1 Å². The van der Waals surface area contributed by atoms with Crippen LogP contribution in [-0.4, -0.2) is 32.1 Å². The van der Waals surface area contributed by atoms with Crippen LogP contribution in [0, 0.1) is 0 Å². The predicted molar refractivity (Wildman–Crippen MR) is 126 cm³/mol. The Morgan fingerprint density at radius 2 is 1.79 bits per heavy atom. The molecule has 0 atom stereocenters. The first-order valence-corrected chi connectivity index (χ1v) is 10.9. The molecule has 0 spiro atoms. The molecular weight excluding hydrogens is 438 g/mol. The molecule has 0 radical (unpaired) electrons. The third-order valence-electron chi connectivity index (χ3n) is 4.74. The first-order valence-electron chi connectivity index (χ1n) is 10.1. The number of para-hydroxylation sites is 2. The third-order valence-corrected chi connectivity index (χ3v) is 5.70. The quantitative estimate of drug-likeness (QED) is 0.423. The number of anilines is 1. The van der Waals surface area contributed by atoms with E-state index in [2.05, 4.69) is 20.4 Å². The Labute approximate surface area is 191 Å². The van der Waals surface area contributed by atoms with Crippen LogP contribution in [0.2, 0.25) is 0 Å². The van der Waals surface area contributed by atoms with Crippen LogP contribution in [0.1, 0.15) is 5.56 Å². The van der Waals surface area contributed by atoms with Crippen LogP contribution in [0.3, 0.4) is 0 Å². The molecule has 3 heterocycles. The molecule has 162 valence electrons. The van der Waals surface area contributed by atoms with Gasteiger partial charge in [-0.3, -0.25) is 14.6 Å². The van der Waals surface area contributed by atoms with Gasteiger partial charge in [0, 0.05) is 29.2 Å². The average molecular weight is 455 g/mol. The lowest BCUT2D eigenvalue weighted by atomic mass is 10.2. The molecule has 0 fully saturated rings. The van der Waals surface area contributed by atoms with Crippen molar-refractivity contribution in [2.45, 2.75) is 0 Å². The number of pyridine rings is 1. The first-order chi connectivity index (χ1) is 16.2. The lowest BCUT2D eigenvalue weighted by Gasteiger charge is -2.09. The number of nitrogens with one attached hydrogen (secondary N) is 1. The molecule has 9 heteroatoms. The van der Waals surface area contributed by atoms with E-state index in [0.29, 0.717) is 32.3 Å². The van der Waals surface area contributed by atoms with Crippen molar-refractivity contribution in [1.29, 1.82) is 0 Å². The number of hydrogen-bond acceptors (Lipinski definition) is 7. The highest BCUT2D eigenvalue weighted by Crippen LogP contribution is 2.19. The van der Waals surface area contributed by atoms with Gasteiger partial charge in [0.1, 0.15) is 5.75 Å². The second kappa shape index (κ2) is 9.01. The fourth-order valence-electron chi connectivity index (χ4n) is 3.19. The lowest BCUT2D eigenvalue weighted by molar-refractivity contribution is -0.118. The Hall–Kier alpha value is -4.37. The minimum atomic E-state index is -0.275. The van der Waals surface area contributed by atoms with Gasteiger partial charge in [-0.15, -0.1) is 5.10 Å². The Bertz CT molecular complexity index is 1530. The summed E-state index contributed by atoms with van der Waals surface area (Å²) in [4.78, 5) is 34.1. The number of aromatic nitrogens is 4. The van der Waals surface area contributed by atoms with Gasteiger partial charge in [-0.25, -0.2) is 0 Å². The molecule has 33 heavy (non-hydrogen) atoms. The lowest BCUT2D eigenvalue weighted by Crippen LogP contribution is -2.24. The molecule has 2 aromatic carbocycles.